The second-order valence-corrected chi connectivity index (χ2v) is 7.82. The Bertz CT molecular complexity index is 938. The van der Waals surface area contributed by atoms with Crippen molar-refractivity contribution in [2.45, 2.75) is 19.8 Å². The summed E-state index contributed by atoms with van der Waals surface area (Å²) in [4.78, 5) is 25.9. The average Bonchev–Trinajstić information content (AvgIpc) is 2.96. The Morgan fingerprint density at radius 2 is 2.00 bits per heavy atom. The molecule has 0 atom stereocenters. The third-order valence-electron chi connectivity index (χ3n) is 4.09. The number of thiocarbonyl (C=S) groups is 1. The number of hydrogen-bond donors (Lipinski definition) is 1. The summed E-state index contributed by atoms with van der Waals surface area (Å²) in [5, 5.41) is 9.16. The van der Waals surface area contributed by atoms with Gasteiger partial charge in [0.1, 0.15) is 5.75 Å². The molecule has 0 unspecified atom stereocenters. The van der Waals surface area contributed by atoms with Gasteiger partial charge >= 0.3 is 5.97 Å². The number of carboxylic acid groups (broad SMARTS) is 1. The van der Waals surface area contributed by atoms with Crippen LogP contribution in [-0.4, -0.2) is 27.9 Å². The van der Waals surface area contributed by atoms with Gasteiger partial charge in [0.2, 0.25) is 0 Å². The van der Waals surface area contributed by atoms with Gasteiger partial charge in [0.15, 0.2) is 4.32 Å². The molecule has 2 aromatic rings. The minimum atomic E-state index is -1.05. The van der Waals surface area contributed by atoms with E-state index in [0.717, 1.165) is 24.2 Å². The topological polar surface area (TPSA) is 66.8 Å². The highest BCUT2D eigenvalue weighted by Gasteiger charge is 2.33. The third kappa shape index (κ3) is 4.61. The number of nitrogens with zero attached hydrogens (tertiary/aromatic N) is 1. The molecule has 7 heteroatoms. The van der Waals surface area contributed by atoms with Crippen LogP contribution in [0.25, 0.3) is 6.08 Å². The lowest BCUT2D eigenvalue weighted by molar-refractivity contribution is -0.113. The molecule has 3 rings (SSSR count). The third-order valence-corrected chi connectivity index (χ3v) is 5.39. The van der Waals surface area contributed by atoms with Crippen LogP contribution in [-0.2, 0) is 4.79 Å². The summed E-state index contributed by atoms with van der Waals surface area (Å²) in [6.07, 6.45) is 3.86. The van der Waals surface area contributed by atoms with E-state index in [1.165, 1.54) is 28.8 Å². The van der Waals surface area contributed by atoms with Crippen LogP contribution in [0.1, 0.15) is 35.7 Å². The van der Waals surface area contributed by atoms with Gasteiger partial charge in [0.05, 0.1) is 22.8 Å². The standard InChI is InChI=1S/C21H19NO4S2/c1-2-3-11-26-17-9-7-14(8-10-17)12-18-19(23)22(21(27)28-18)16-6-4-5-15(13-16)20(24)25/h4-10,12-13H,2-3,11H2,1H3,(H,24,25)/b18-12-. The molecule has 0 saturated carbocycles. The molecule has 1 N–H and O–H groups in total. The van der Waals surface area contributed by atoms with Crippen LogP contribution in [0.3, 0.4) is 0 Å². The quantitative estimate of drug-likeness (QED) is 0.393. The summed E-state index contributed by atoms with van der Waals surface area (Å²) in [5.41, 5.74) is 1.42. The van der Waals surface area contributed by atoms with Crippen molar-refractivity contribution >= 4 is 51.9 Å². The molecule has 144 valence electrons. The molecule has 1 fully saturated rings. The molecule has 1 heterocycles. The molecule has 1 aliphatic rings. The van der Waals surface area contributed by atoms with Gasteiger partial charge in [-0.25, -0.2) is 4.79 Å². The monoisotopic (exact) mass is 413 g/mol. The van der Waals surface area contributed by atoms with E-state index in [-0.39, 0.29) is 11.5 Å². The van der Waals surface area contributed by atoms with Gasteiger partial charge in [0, 0.05) is 0 Å². The molecule has 1 amide bonds. The SMILES string of the molecule is CCCCOc1ccc(/C=C2\SC(=S)N(c3cccc(C(=O)O)c3)C2=O)cc1. The van der Waals surface area contributed by atoms with Gasteiger partial charge < -0.3 is 9.84 Å². The predicted molar refractivity (Wildman–Crippen MR) is 116 cm³/mol. The maximum Gasteiger partial charge on any atom is 0.335 e. The van der Waals surface area contributed by atoms with Gasteiger partial charge in [-0.1, -0.05) is 55.5 Å². The van der Waals surface area contributed by atoms with Crippen molar-refractivity contribution in [3.05, 3.63) is 64.6 Å². The Balaban J connectivity index is 1.77. The summed E-state index contributed by atoms with van der Waals surface area (Å²) < 4.78 is 6.02. The molecule has 2 aromatic carbocycles. The summed E-state index contributed by atoms with van der Waals surface area (Å²) in [6.45, 7) is 2.80. The van der Waals surface area contributed by atoms with E-state index in [1.54, 1.807) is 18.2 Å². The van der Waals surface area contributed by atoms with Crippen LogP contribution >= 0.6 is 24.0 Å². The van der Waals surface area contributed by atoms with Crippen LogP contribution in [0, 0.1) is 0 Å². The van der Waals surface area contributed by atoms with Crippen LogP contribution in [0.2, 0.25) is 0 Å². The maximum absolute atomic E-state index is 12.8. The number of unbranched alkanes of at least 4 members (excludes halogenated alkanes) is 1. The lowest BCUT2D eigenvalue weighted by atomic mass is 10.1. The zero-order valence-electron chi connectivity index (χ0n) is 15.3. The normalized spacial score (nSPS) is 15.3. The number of rotatable bonds is 7. The number of hydrogen-bond acceptors (Lipinski definition) is 5. The fourth-order valence-corrected chi connectivity index (χ4v) is 3.91. The number of amides is 1. The fraction of sp³-hybridized carbons (Fsp3) is 0.190. The van der Waals surface area contributed by atoms with E-state index in [9.17, 15) is 9.59 Å². The van der Waals surface area contributed by atoms with Crippen LogP contribution in [0.15, 0.2) is 53.4 Å². The Morgan fingerprint density at radius 3 is 2.68 bits per heavy atom. The lowest BCUT2D eigenvalue weighted by Crippen LogP contribution is -2.27. The van der Waals surface area contributed by atoms with Crippen molar-refractivity contribution in [1.82, 2.24) is 0 Å². The zero-order chi connectivity index (χ0) is 20.1. The number of ether oxygens (including phenoxy) is 1. The van der Waals surface area contributed by atoms with Crippen molar-refractivity contribution in [2.75, 3.05) is 11.5 Å². The number of benzene rings is 2. The number of aromatic carboxylic acids is 1. The molecule has 1 aliphatic heterocycles. The average molecular weight is 414 g/mol. The number of carboxylic acids is 1. The summed E-state index contributed by atoms with van der Waals surface area (Å²) in [6, 6.07) is 13.7. The molecule has 5 nitrogen and oxygen atoms in total. The summed E-state index contributed by atoms with van der Waals surface area (Å²) in [7, 11) is 0. The number of thioether (sulfide) groups is 1. The van der Waals surface area contributed by atoms with Crippen LogP contribution in [0.4, 0.5) is 5.69 Å². The lowest BCUT2D eigenvalue weighted by Gasteiger charge is -2.14. The van der Waals surface area contributed by atoms with E-state index in [2.05, 4.69) is 6.92 Å². The Morgan fingerprint density at radius 1 is 1.25 bits per heavy atom. The van der Waals surface area contributed by atoms with Gasteiger partial charge in [-0.3, -0.25) is 9.69 Å². The van der Waals surface area contributed by atoms with Crippen molar-refractivity contribution in [3.63, 3.8) is 0 Å². The van der Waals surface area contributed by atoms with Crippen molar-refractivity contribution in [3.8, 4) is 5.75 Å². The first kappa shape index (κ1) is 20.1. The second-order valence-electron chi connectivity index (χ2n) is 6.14. The van der Waals surface area contributed by atoms with Crippen LogP contribution in [0.5, 0.6) is 5.75 Å². The molecule has 0 radical (unpaired) electrons. The Labute approximate surface area is 173 Å². The first-order chi connectivity index (χ1) is 13.5. The van der Waals surface area contributed by atoms with Gasteiger partial charge in [-0.15, -0.1) is 0 Å². The number of anilines is 1. The zero-order valence-corrected chi connectivity index (χ0v) is 16.9. The minimum Gasteiger partial charge on any atom is -0.494 e. The fourth-order valence-electron chi connectivity index (χ4n) is 2.61. The smallest absolute Gasteiger partial charge is 0.335 e. The molecule has 0 bridgehead atoms. The van der Waals surface area contributed by atoms with E-state index in [4.69, 9.17) is 22.1 Å². The maximum atomic E-state index is 12.8. The second kappa shape index (κ2) is 9.03. The van der Waals surface area contributed by atoms with Gasteiger partial charge in [-0.05, 0) is 48.4 Å². The summed E-state index contributed by atoms with van der Waals surface area (Å²) in [5.74, 6) is -0.520. The summed E-state index contributed by atoms with van der Waals surface area (Å²) >= 11 is 6.54. The minimum absolute atomic E-state index is 0.106. The predicted octanol–water partition coefficient (Wildman–Crippen LogP) is 4.97. The molecule has 0 aromatic heterocycles. The van der Waals surface area contributed by atoms with Gasteiger partial charge in [-0.2, -0.15) is 0 Å². The Hall–Kier alpha value is -2.64. The first-order valence-electron chi connectivity index (χ1n) is 8.84. The van der Waals surface area contributed by atoms with Crippen molar-refractivity contribution in [2.24, 2.45) is 0 Å². The van der Waals surface area contributed by atoms with Gasteiger partial charge in [0.25, 0.3) is 5.91 Å². The highest BCUT2D eigenvalue weighted by Crippen LogP contribution is 2.36. The van der Waals surface area contributed by atoms with E-state index in [0.29, 0.717) is 21.5 Å². The molecule has 1 saturated heterocycles. The number of carbonyl (C=O) groups is 2. The molecular weight excluding hydrogens is 394 g/mol. The highest BCUT2D eigenvalue weighted by molar-refractivity contribution is 8.27. The molecule has 0 spiro atoms. The molecular formula is C21H19NO4S2. The van der Waals surface area contributed by atoms with Crippen LogP contribution < -0.4 is 9.64 Å². The largest absolute Gasteiger partial charge is 0.494 e. The number of carbonyl (C=O) groups excluding carboxylic acids is 1. The van der Waals surface area contributed by atoms with E-state index < -0.39 is 5.97 Å². The molecule has 0 aliphatic carbocycles. The van der Waals surface area contributed by atoms with Crippen molar-refractivity contribution in [1.29, 1.82) is 0 Å². The van der Waals surface area contributed by atoms with E-state index >= 15 is 0 Å². The van der Waals surface area contributed by atoms with Crippen molar-refractivity contribution < 1.29 is 19.4 Å². The highest BCUT2D eigenvalue weighted by atomic mass is 32.2. The first-order valence-corrected chi connectivity index (χ1v) is 10.1. The molecule has 28 heavy (non-hydrogen) atoms. The Kier molecular flexibility index (Phi) is 6.49. The van der Waals surface area contributed by atoms with E-state index in [1.807, 2.05) is 24.3 Å².